The third-order valence-electron chi connectivity index (χ3n) is 3.09. The van der Waals surface area contributed by atoms with E-state index < -0.39 is 9.85 Å². The van der Waals surface area contributed by atoms with Crippen molar-refractivity contribution < 1.29 is 9.85 Å². The minimum Gasteiger partial charge on any atom is -0.348 e. The molecule has 1 N–H and O–H groups in total. The molecule has 8 heteroatoms. The Balaban J connectivity index is 2.18. The van der Waals surface area contributed by atoms with Gasteiger partial charge in [-0.2, -0.15) is 0 Å². The molecule has 0 saturated heterocycles. The van der Waals surface area contributed by atoms with Crippen molar-refractivity contribution >= 4 is 34.5 Å². The monoisotopic (exact) mass is 303 g/mol. The highest BCUT2D eigenvalue weighted by Crippen LogP contribution is 2.49. The maximum absolute atomic E-state index is 11.1. The first kappa shape index (κ1) is 13.4. The fourth-order valence-corrected chi connectivity index (χ4v) is 3.26. The van der Waals surface area contributed by atoms with E-state index in [0.29, 0.717) is 10.6 Å². The first-order valence-corrected chi connectivity index (χ1v) is 6.79. The zero-order valence-electron chi connectivity index (χ0n) is 10.8. The van der Waals surface area contributed by atoms with Crippen molar-refractivity contribution in [2.24, 2.45) is 0 Å². The van der Waals surface area contributed by atoms with Crippen LogP contribution in [-0.4, -0.2) is 9.85 Å². The summed E-state index contributed by atoms with van der Waals surface area (Å²) in [6, 6.07) is 8.00. The standard InChI is InChI=1S/C13H9N3O4S/c1-7-2-3-9-11(4-7)21-12-6-8(15(17)18)5-10(16(19)20)13(12)14-9/h2-6,14H,1H3. The van der Waals surface area contributed by atoms with Gasteiger partial charge in [-0.25, -0.2) is 0 Å². The molecule has 0 saturated carbocycles. The summed E-state index contributed by atoms with van der Waals surface area (Å²) in [4.78, 5) is 22.2. The van der Waals surface area contributed by atoms with Gasteiger partial charge in [0.25, 0.3) is 5.69 Å². The van der Waals surface area contributed by atoms with Gasteiger partial charge in [-0.1, -0.05) is 17.8 Å². The molecule has 0 amide bonds. The Hall–Kier alpha value is -2.61. The normalized spacial score (nSPS) is 12.0. The number of nitrogens with zero attached hydrogens (tertiary/aromatic N) is 2. The topological polar surface area (TPSA) is 98.3 Å². The van der Waals surface area contributed by atoms with Crippen molar-refractivity contribution in [2.75, 3.05) is 5.32 Å². The second kappa shape index (κ2) is 4.74. The van der Waals surface area contributed by atoms with E-state index in [-0.39, 0.29) is 11.4 Å². The largest absolute Gasteiger partial charge is 0.348 e. The predicted molar refractivity (Wildman–Crippen MR) is 78.3 cm³/mol. The minimum absolute atomic E-state index is 0.286. The van der Waals surface area contributed by atoms with E-state index in [1.807, 2.05) is 25.1 Å². The summed E-state index contributed by atoms with van der Waals surface area (Å²) in [6.45, 7) is 1.94. The smallest absolute Gasteiger partial charge is 0.300 e. The van der Waals surface area contributed by atoms with Gasteiger partial charge >= 0.3 is 5.69 Å². The van der Waals surface area contributed by atoms with Crippen LogP contribution in [0.25, 0.3) is 0 Å². The van der Waals surface area contributed by atoms with Gasteiger partial charge in [0, 0.05) is 15.9 Å². The first-order valence-electron chi connectivity index (χ1n) is 5.98. The van der Waals surface area contributed by atoms with Crippen LogP contribution in [-0.2, 0) is 0 Å². The van der Waals surface area contributed by atoms with E-state index in [0.717, 1.165) is 22.2 Å². The lowest BCUT2D eigenvalue weighted by Crippen LogP contribution is -2.05. The Kier molecular flexibility index (Phi) is 3.02. The molecule has 0 aromatic heterocycles. The van der Waals surface area contributed by atoms with E-state index in [1.54, 1.807) is 0 Å². The molecule has 0 aliphatic carbocycles. The highest BCUT2D eigenvalue weighted by molar-refractivity contribution is 7.99. The molecule has 106 valence electrons. The van der Waals surface area contributed by atoms with Gasteiger partial charge in [0.1, 0.15) is 5.69 Å². The molecular formula is C13H9N3O4S. The summed E-state index contributed by atoms with van der Waals surface area (Å²) >= 11 is 1.29. The molecule has 2 aromatic carbocycles. The lowest BCUT2D eigenvalue weighted by Gasteiger charge is -2.20. The number of benzene rings is 2. The Labute approximate surface area is 123 Å². The first-order chi connectivity index (χ1) is 9.95. The second-order valence-corrected chi connectivity index (χ2v) is 5.66. The van der Waals surface area contributed by atoms with Gasteiger partial charge in [-0.05, 0) is 24.6 Å². The quantitative estimate of drug-likeness (QED) is 0.567. The number of hydrogen-bond acceptors (Lipinski definition) is 6. The van der Waals surface area contributed by atoms with Crippen molar-refractivity contribution in [3.63, 3.8) is 0 Å². The van der Waals surface area contributed by atoms with Crippen LogP contribution in [0.5, 0.6) is 0 Å². The molecule has 0 fully saturated rings. The number of rotatable bonds is 2. The highest BCUT2D eigenvalue weighted by Gasteiger charge is 2.28. The minimum atomic E-state index is -0.625. The number of nitro groups is 2. The van der Waals surface area contributed by atoms with E-state index in [1.165, 1.54) is 17.8 Å². The van der Waals surface area contributed by atoms with Crippen molar-refractivity contribution in [3.05, 3.63) is 56.1 Å². The average molecular weight is 303 g/mol. The van der Waals surface area contributed by atoms with Gasteiger partial charge < -0.3 is 5.32 Å². The van der Waals surface area contributed by atoms with Gasteiger partial charge in [0.15, 0.2) is 0 Å². The fraction of sp³-hybridized carbons (Fsp3) is 0.0769. The lowest BCUT2D eigenvalue weighted by atomic mass is 10.2. The van der Waals surface area contributed by atoms with Gasteiger partial charge in [0.2, 0.25) is 0 Å². The number of anilines is 2. The summed E-state index contributed by atoms with van der Waals surface area (Å²) < 4.78 is 0. The Morgan fingerprint density at radius 1 is 1.05 bits per heavy atom. The summed E-state index contributed by atoms with van der Waals surface area (Å²) in [5, 5.41) is 25.1. The number of nitro benzene ring substituents is 2. The lowest BCUT2D eigenvalue weighted by molar-refractivity contribution is -0.393. The molecule has 0 atom stereocenters. The van der Waals surface area contributed by atoms with Crippen molar-refractivity contribution in [1.82, 2.24) is 0 Å². The van der Waals surface area contributed by atoms with Crippen molar-refractivity contribution in [1.29, 1.82) is 0 Å². The summed E-state index contributed by atoms with van der Waals surface area (Å²) in [6.07, 6.45) is 0. The average Bonchev–Trinajstić information content (AvgIpc) is 2.43. The molecule has 1 aliphatic rings. The van der Waals surface area contributed by atoms with Gasteiger partial charge in [-0.15, -0.1) is 0 Å². The molecule has 7 nitrogen and oxygen atoms in total. The third kappa shape index (κ3) is 2.29. The molecular weight excluding hydrogens is 294 g/mol. The van der Waals surface area contributed by atoms with Crippen LogP contribution in [0.2, 0.25) is 0 Å². The highest BCUT2D eigenvalue weighted by atomic mass is 32.2. The maximum Gasteiger partial charge on any atom is 0.300 e. The van der Waals surface area contributed by atoms with Crippen molar-refractivity contribution in [2.45, 2.75) is 16.7 Å². The Morgan fingerprint density at radius 3 is 2.48 bits per heavy atom. The number of non-ortho nitro benzene ring substituents is 1. The fourth-order valence-electron chi connectivity index (χ4n) is 2.11. The second-order valence-electron chi connectivity index (χ2n) is 4.58. The van der Waals surface area contributed by atoms with Crippen LogP contribution in [0.3, 0.4) is 0 Å². The van der Waals surface area contributed by atoms with E-state index in [4.69, 9.17) is 0 Å². The zero-order valence-corrected chi connectivity index (χ0v) is 11.6. The molecule has 0 unspecified atom stereocenters. The van der Waals surface area contributed by atoms with Gasteiger partial charge in [-0.3, -0.25) is 20.2 Å². The molecule has 3 rings (SSSR count). The van der Waals surface area contributed by atoms with Crippen LogP contribution < -0.4 is 5.32 Å². The molecule has 1 heterocycles. The van der Waals surface area contributed by atoms with Crippen LogP contribution >= 0.6 is 11.8 Å². The third-order valence-corrected chi connectivity index (χ3v) is 4.19. The molecule has 21 heavy (non-hydrogen) atoms. The number of hydrogen-bond donors (Lipinski definition) is 1. The van der Waals surface area contributed by atoms with E-state index in [9.17, 15) is 20.2 Å². The van der Waals surface area contributed by atoms with Crippen LogP contribution in [0, 0.1) is 27.2 Å². The summed E-state index contributed by atoms with van der Waals surface area (Å²) in [5.74, 6) is 0. The van der Waals surface area contributed by atoms with E-state index >= 15 is 0 Å². The molecule has 0 spiro atoms. The molecule has 0 bridgehead atoms. The van der Waals surface area contributed by atoms with Gasteiger partial charge in [0.05, 0.1) is 21.6 Å². The number of nitrogens with one attached hydrogen (secondary N) is 1. The van der Waals surface area contributed by atoms with Crippen LogP contribution in [0.15, 0.2) is 40.1 Å². The summed E-state index contributed by atoms with van der Waals surface area (Å²) in [5.41, 5.74) is 1.53. The SMILES string of the molecule is Cc1ccc2c(c1)Sc1cc([N+](=O)[O-])cc([N+](=O)[O-])c1N2. The summed E-state index contributed by atoms with van der Waals surface area (Å²) in [7, 11) is 0. The molecule has 0 radical (unpaired) electrons. The van der Waals surface area contributed by atoms with Crippen LogP contribution in [0.4, 0.5) is 22.7 Å². The molecule has 1 aliphatic heterocycles. The number of fused-ring (bicyclic) bond motifs is 2. The Morgan fingerprint density at radius 2 is 1.81 bits per heavy atom. The van der Waals surface area contributed by atoms with Crippen molar-refractivity contribution in [3.8, 4) is 0 Å². The predicted octanol–water partition coefficient (Wildman–Crippen LogP) is 4.02. The zero-order chi connectivity index (χ0) is 15.1. The van der Waals surface area contributed by atoms with E-state index in [2.05, 4.69) is 5.32 Å². The Bertz CT molecular complexity index is 791. The molecule has 2 aromatic rings. The number of aryl methyl sites for hydroxylation is 1. The van der Waals surface area contributed by atoms with Crippen LogP contribution in [0.1, 0.15) is 5.56 Å². The maximum atomic E-state index is 11.1.